The van der Waals surface area contributed by atoms with Gasteiger partial charge in [0.05, 0.1) is 5.69 Å². The van der Waals surface area contributed by atoms with Crippen molar-refractivity contribution in [2.24, 2.45) is 5.92 Å². The van der Waals surface area contributed by atoms with Crippen LogP contribution in [0.2, 0.25) is 0 Å². The summed E-state index contributed by atoms with van der Waals surface area (Å²) in [7, 11) is 0. The van der Waals surface area contributed by atoms with Gasteiger partial charge in [-0.1, -0.05) is 6.07 Å². The summed E-state index contributed by atoms with van der Waals surface area (Å²) >= 11 is 3.74. The van der Waals surface area contributed by atoms with Crippen molar-refractivity contribution >= 4 is 21.6 Å². The normalized spacial score (nSPS) is 28.3. The summed E-state index contributed by atoms with van der Waals surface area (Å²) in [6, 6.07) is 6.70. The van der Waals surface area contributed by atoms with Crippen LogP contribution in [0, 0.1) is 12.8 Å². The van der Waals surface area contributed by atoms with E-state index < -0.39 is 0 Å². The monoisotopic (exact) mass is 322 g/mol. The van der Waals surface area contributed by atoms with E-state index in [1.54, 1.807) is 0 Å². The first-order chi connectivity index (χ1) is 9.08. The number of halogens is 1. The molecule has 3 heteroatoms. The van der Waals surface area contributed by atoms with Crippen LogP contribution < -0.4 is 10.2 Å². The zero-order chi connectivity index (χ0) is 13.5. The predicted octanol–water partition coefficient (Wildman–Crippen LogP) is 3.73. The van der Waals surface area contributed by atoms with Gasteiger partial charge < -0.3 is 10.2 Å². The second kappa shape index (κ2) is 5.10. The fraction of sp³-hybridized carbons (Fsp3) is 0.625. The van der Waals surface area contributed by atoms with Gasteiger partial charge in [-0.25, -0.2) is 0 Å². The number of aryl methyl sites for hydroxylation is 1. The van der Waals surface area contributed by atoms with Crippen molar-refractivity contribution in [1.29, 1.82) is 0 Å². The highest BCUT2D eigenvalue weighted by molar-refractivity contribution is 9.10. The molecule has 0 radical (unpaired) electrons. The van der Waals surface area contributed by atoms with E-state index in [2.05, 4.69) is 58.2 Å². The first-order valence-electron chi connectivity index (χ1n) is 7.35. The van der Waals surface area contributed by atoms with Gasteiger partial charge in [0.2, 0.25) is 0 Å². The zero-order valence-corrected chi connectivity index (χ0v) is 13.5. The van der Waals surface area contributed by atoms with E-state index in [1.165, 1.54) is 35.0 Å². The van der Waals surface area contributed by atoms with Crippen LogP contribution >= 0.6 is 15.9 Å². The Bertz CT molecular complexity index is 470. The van der Waals surface area contributed by atoms with Crippen molar-refractivity contribution in [3.05, 3.63) is 28.2 Å². The summed E-state index contributed by atoms with van der Waals surface area (Å²) in [4.78, 5) is 2.56. The first-order valence-corrected chi connectivity index (χ1v) is 8.14. The van der Waals surface area contributed by atoms with E-state index in [0.717, 1.165) is 25.6 Å². The van der Waals surface area contributed by atoms with Crippen LogP contribution in [0.15, 0.2) is 22.7 Å². The Kier molecular flexibility index (Phi) is 3.61. The molecule has 1 aliphatic carbocycles. The van der Waals surface area contributed by atoms with Crippen molar-refractivity contribution in [2.45, 2.75) is 38.6 Å². The number of nitrogens with one attached hydrogen (secondary N) is 1. The van der Waals surface area contributed by atoms with E-state index in [4.69, 9.17) is 0 Å². The molecule has 0 aromatic heterocycles. The van der Waals surface area contributed by atoms with Gasteiger partial charge in [0.15, 0.2) is 0 Å². The highest BCUT2D eigenvalue weighted by Gasteiger charge is 2.43. The van der Waals surface area contributed by atoms with E-state index in [1.807, 2.05) is 0 Å². The molecule has 1 saturated heterocycles. The highest BCUT2D eigenvalue weighted by Crippen LogP contribution is 2.41. The minimum absolute atomic E-state index is 0.292. The number of rotatable bonds is 2. The van der Waals surface area contributed by atoms with Crippen LogP contribution in [-0.4, -0.2) is 25.2 Å². The van der Waals surface area contributed by atoms with Gasteiger partial charge in [-0.15, -0.1) is 0 Å². The van der Waals surface area contributed by atoms with Crippen LogP contribution in [0.4, 0.5) is 5.69 Å². The third kappa shape index (κ3) is 2.82. The van der Waals surface area contributed by atoms with Crippen molar-refractivity contribution < 1.29 is 0 Å². The Balaban J connectivity index is 1.86. The molecule has 1 heterocycles. The zero-order valence-electron chi connectivity index (χ0n) is 11.9. The Morgan fingerprint density at radius 2 is 2.16 bits per heavy atom. The molecule has 0 spiro atoms. The molecule has 1 N–H and O–H groups in total. The second-order valence-corrected chi connectivity index (χ2v) is 7.20. The van der Waals surface area contributed by atoms with E-state index in [0.29, 0.717) is 5.54 Å². The quantitative estimate of drug-likeness (QED) is 0.892. The van der Waals surface area contributed by atoms with Gasteiger partial charge in [0, 0.05) is 23.1 Å². The molecule has 1 aromatic carbocycles. The maximum Gasteiger partial charge on any atom is 0.0511 e. The van der Waals surface area contributed by atoms with Crippen LogP contribution in [0.3, 0.4) is 0 Å². The number of hydrogen-bond donors (Lipinski definition) is 1. The van der Waals surface area contributed by atoms with E-state index in [-0.39, 0.29) is 0 Å². The fourth-order valence-corrected chi connectivity index (χ4v) is 3.99. The third-order valence-electron chi connectivity index (χ3n) is 4.58. The lowest BCUT2D eigenvalue weighted by molar-refractivity contribution is 0.331. The highest BCUT2D eigenvalue weighted by atomic mass is 79.9. The Morgan fingerprint density at radius 3 is 2.84 bits per heavy atom. The maximum absolute atomic E-state index is 3.79. The molecule has 1 aliphatic heterocycles. The third-order valence-corrected chi connectivity index (χ3v) is 5.21. The van der Waals surface area contributed by atoms with E-state index >= 15 is 0 Å². The fourth-order valence-electron chi connectivity index (χ4n) is 3.24. The molecule has 0 amide bonds. The van der Waals surface area contributed by atoms with Gasteiger partial charge >= 0.3 is 0 Å². The number of nitrogens with zero attached hydrogens (tertiary/aromatic N) is 1. The molecule has 2 nitrogen and oxygen atoms in total. The van der Waals surface area contributed by atoms with Crippen LogP contribution in [-0.2, 0) is 0 Å². The van der Waals surface area contributed by atoms with Crippen molar-refractivity contribution in [3.63, 3.8) is 0 Å². The van der Waals surface area contributed by atoms with Crippen LogP contribution in [0.1, 0.15) is 31.7 Å². The van der Waals surface area contributed by atoms with Gasteiger partial charge in [0.1, 0.15) is 0 Å². The minimum Gasteiger partial charge on any atom is -0.369 e. The summed E-state index contributed by atoms with van der Waals surface area (Å²) in [5.74, 6) is 0.873. The molecule has 2 aliphatic rings. The molecule has 3 rings (SSSR count). The van der Waals surface area contributed by atoms with Gasteiger partial charge in [-0.3, -0.25) is 0 Å². The summed E-state index contributed by atoms with van der Waals surface area (Å²) in [6.07, 6.45) is 4.02. The summed E-state index contributed by atoms with van der Waals surface area (Å²) in [5.41, 5.74) is 2.95. The maximum atomic E-state index is 3.79. The molecular formula is C16H23BrN2. The molecule has 1 atom stereocenters. The number of hydrogen-bond acceptors (Lipinski definition) is 2. The lowest BCUT2D eigenvalue weighted by Gasteiger charge is -2.35. The molecule has 1 unspecified atom stereocenters. The number of benzene rings is 1. The lowest BCUT2D eigenvalue weighted by Crippen LogP contribution is -2.51. The number of anilines is 1. The minimum atomic E-state index is 0.292. The average molecular weight is 323 g/mol. The largest absolute Gasteiger partial charge is 0.369 e. The first kappa shape index (κ1) is 13.4. The summed E-state index contributed by atoms with van der Waals surface area (Å²) in [6.45, 7) is 7.97. The smallest absolute Gasteiger partial charge is 0.0511 e. The molecular weight excluding hydrogens is 300 g/mol. The summed E-state index contributed by atoms with van der Waals surface area (Å²) < 4.78 is 1.23. The Labute approximate surface area is 124 Å². The average Bonchev–Trinajstić information content (AvgIpc) is 3.16. The van der Waals surface area contributed by atoms with Gasteiger partial charge in [0.25, 0.3) is 0 Å². The van der Waals surface area contributed by atoms with Crippen molar-refractivity contribution in [1.82, 2.24) is 5.32 Å². The van der Waals surface area contributed by atoms with Crippen molar-refractivity contribution in [3.8, 4) is 0 Å². The molecule has 2 fully saturated rings. The predicted molar refractivity (Wildman–Crippen MR) is 84.8 cm³/mol. The Morgan fingerprint density at radius 1 is 1.37 bits per heavy atom. The van der Waals surface area contributed by atoms with Crippen LogP contribution in [0.25, 0.3) is 0 Å². The Hall–Kier alpha value is -0.540. The lowest BCUT2D eigenvalue weighted by atomic mass is 9.95. The summed E-state index contributed by atoms with van der Waals surface area (Å²) in [5, 5.41) is 3.79. The standard InChI is InChI=1S/C16H23BrN2/c1-12-4-7-15(14(17)10-12)19-9-3-8-18-16(2,11-19)13-5-6-13/h4,7,10,13,18H,3,5-6,8-9,11H2,1-2H3. The molecule has 1 aromatic rings. The van der Waals surface area contributed by atoms with Gasteiger partial charge in [-0.05, 0) is 79.2 Å². The van der Waals surface area contributed by atoms with Crippen molar-refractivity contribution in [2.75, 3.05) is 24.5 Å². The topological polar surface area (TPSA) is 15.3 Å². The second-order valence-electron chi connectivity index (χ2n) is 6.35. The van der Waals surface area contributed by atoms with Gasteiger partial charge in [-0.2, -0.15) is 0 Å². The molecule has 19 heavy (non-hydrogen) atoms. The molecule has 0 bridgehead atoms. The van der Waals surface area contributed by atoms with E-state index in [9.17, 15) is 0 Å². The molecule has 104 valence electrons. The van der Waals surface area contributed by atoms with Crippen LogP contribution in [0.5, 0.6) is 0 Å². The molecule has 1 saturated carbocycles. The SMILES string of the molecule is Cc1ccc(N2CCCNC(C)(C3CC3)C2)c(Br)c1.